The van der Waals surface area contributed by atoms with Crippen LogP contribution < -0.4 is 4.74 Å². The zero-order valence-corrected chi connectivity index (χ0v) is 18.2. The molecule has 0 amide bonds. The molecule has 8 heteroatoms. The van der Waals surface area contributed by atoms with E-state index in [0.29, 0.717) is 35.6 Å². The number of fused-ring (bicyclic) bond motifs is 1. The van der Waals surface area contributed by atoms with Crippen molar-refractivity contribution in [1.29, 1.82) is 0 Å². The molecule has 0 bridgehead atoms. The van der Waals surface area contributed by atoms with E-state index in [1.165, 1.54) is 0 Å². The molecular weight excluding hydrogens is 386 g/mol. The minimum Gasteiger partial charge on any atom is -0.477 e. The number of hydrogen-bond acceptors (Lipinski definition) is 8. The first kappa shape index (κ1) is 20.1. The first-order valence-corrected chi connectivity index (χ1v) is 10.8. The standard InChI is InChI=1S/C21H27N5O2S/c1-13-10-19(23-14(2)22-13)28-12-16-6-5-9-26(11-16)21(4,27)18-8-7-17-20(25-18)24-15(3)29-17/h7-8,10,16,27H,5-6,9,11-12H2,1-4H3/t16-,21-/m0/s1. The monoisotopic (exact) mass is 413 g/mol. The van der Waals surface area contributed by atoms with Crippen molar-refractivity contribution in [3.05, 3.63) is 40.4 Å². The molecule has 2 atom stereocenters. The molecule has 3 aromatic rings. The van der Waals surface area contributed by atoms with Crippen LogP contribution in [0.25, 0.3) is 10.3 Å². The molecule has 0 spiro atoms. The highest BCUT2D eigenvalue weighted by atomic mass is 32.1. The van der Waals surface area contributed by atoms with Crippen molar-refractivity contribution in [2.24, 2.45) is 5.92 Å². The van der Waals surface area contributed by atoms with Gasteiger partial charge in [-0.2, -0.15) is 4.98 Å². The van der Waals surface area contributed by atoms with Crippen LogP contribution in [0.2, 0.25) is 0 Å². The Bertz CT molecular complexity index is 999. The van der Waals surface area contributed by atoms with Crippen molar-refractivity contribution in [2.75, 3.05) is 19.7 Å². The second-order valence-corrected chi connectivity index (χ2v) is 9.17. The van der Waals surface area contributed by atoms with E-state index in [2.05, 4.69) is 24.8 Å². The summed E-state index contributed by atoms with van der Waals surface area (Å²) >= 11 is 1.62. The summed E-state index contributed by atoms with van der Waals surface area (Å²) in [6.45, 7) is 9.74. The van der Waals surface area contributed by atoms with Gasteiger partial charge in [-0.15, -0.1) is 11.3 Å². The maximum absolute atomic E-state index is 11.3. The third-order valence-corrected chi connectivity index (χ3v) is 6.32. The number of pyridine rings is 1. The van der Waals surface area contributed by atoms with Crippen molar-refractivity contribution in [3.8, 4) is 5.88 Å². The van der Waals surface area contributed by atoms with Crippen LogP contribution in [-0.2, 0) is 5.72 Å². The minimum absolute atomic E-state index is 0.316. The van der Waals surface area contributed by atoms with Crippen LogP contribution in [0, 0.1) is 26.7 Å². The fourth-order valence-corrected chi connectivity index (χ4v) is 4.68. The van der Waals surface area contributed by atoms with Crippen LogP contribution in [0.5, 0.6) is 5.88 Å². The lowest BCUT2D eigenvalue weighted by Crippen LogP contribution is -2.50. The van der Waals surface area contributed by atoms with E-state index in [1.807, 2.05) is 45.9 Å². The van der Waals surface area contributed by atoms with E-state index in [1.54, 1.807) is 11.3 Å². The second-order valence-electron chi connectivity index (χ2n) is 7.93. The topological polar surface area (TPSA) is 84.3 Å². The van der Waals surface area contributed by atoms with E-state index in [4.69, 9.17) is 4.74 Å². The lowest BCUT2D eigenvalue weighted by atomic mass is 9.95. The Labute approximate surface area is 174 Å². The number of hydrogen-bond donors (Lipinski definition) is 1. The fraction of sp³-hybridized carbons (Fsp3) is 0.524. The normalized spacial score (nSPS) is 20.0. The maximum Gasteiger partial charge on any atom is 0.216 e. The van der Waals surface area contributed by atoms with Crippen LogP contribution >= 0.6 is 11.3 Å². The van der Waals surface area contributed by atoms with Gasteiger partial charge in [0.2, 0.25) is 5.88 Å². The molecule has 0 aromatic carbocycles. The van der Waals surface area contributed by atoms with Crippen molar-refractivity contribution < 1.29 is 9.84 Å². The number of nitrogens with zero attached hydrogens (tertiary/aromatic N) is 5. The van der Waals surface area contributed by atoms with Gasteiger partial charge in [-0.1, -0.05) is 0 Å². The largest absolute Gasteiger partial charge is 0.477 e. The van der Waals surface area contributed by atoms with Gasteiger partial charge in [0.15, 0.2) is 11.4 Å². The maximum atomic E-state index is 11.3. The van der Waals surface area contributed by atoms with Crippen LogP contribution in [0.3, 0.4) is 0 Å². The van der Waals surface area contributed by atoms with Gasteiger partial charge < -0.3 is 9.84 Å². The highest BCUT2D eigenvalue weighted by Crippen LogP contribution is 2.31. The Morgan fingerprint density at radius 3 is 2.83 bits per heavy atom. The molecule has 4 heterocycles. The Morgan fingerprint density at radius 1 is 1.21 bits per heavy atom. The van der Waals surface area contributed by atoms with E-state index in [-0.39, 0.29) is 0 Å². The number of thiazole rings is 1. The highest BCUT2D eigenvalue weighted by Gasteiger charge is 2.36. The SMILES string of the molecule is Cc1cc(OC[C@H]2CCCN([C@@](C)(O)c3ccc4sc(C)nc4n3)C2)nc(C)n1. The number of aromatic nitrogens is 4. The second kappa shape index (κ2) is 7.93. The first-order chi connectivity index (χ1) is 13.8. The molecule has 1 aliphatic heterocycles. The summed E-state index contributed by atoms with van der Waals surface area (Å²) in [7, 11) is 0. The molecule has 0 radical (unpaired) electrons. The van der Waals surface area contributed by atoms with Crippen molar-refractivity contribution in [1.82, 2.24) is 24.8 Å². The zero-order valence-electron chi connectivity index (χ0n) is 17.3. The molecule has 0 unspecified atom stereocenters. The third-order valence-electron chi connectivity index (χ3n) is 5.39. The zero-order chi connectivity index (χ0) is 20.6. The number of ether oxygens (including phenoxy) is 1. The molecule has 154 valence electrons. The Kier molecular flexibility index (Phi) is 5.50. The average molecular weight is 414 g/mol. The third kappa shape index (κ3) is 4.39. The van der Waals surface area contributed by atoms with E-state index in [0.717, 1.165) is 41.3 Å². The van der Waals surface area contributed by atoms with Crippen LogP contribution in [0.1, 0.15) is 42.0 Å². The fourth-order valence-electron chi connectivity index (χ4n) is 3.91. The minimum atomic E-state index is -1.15. The van der Waals surface area contributed by atoms with E-state index >= 15 is 0 Å². The van der Waals surface area contributed by atoms with Gasteiger partial charge in [-0.25, -0.2) is 15.0 Å². The number of aliphatic hydroxyl groups is 1. The molecule has 0 saturated carbocycles. The van der Waals surface area contributed by atoms with Gasteiger partial charge in [-0.05, 0) is 52.7 Å². The van der Waals surface area contributed by atoms with Gasteiger partial charge in [0, 0.05) is 30.8 Å². The highest BCUT2D eigenvalue weighted by molar-refractivity contribution is 7.18. The molecule has 3 aromatic heterocycles. The summed E-state index contributed by atoms with van der Waals surface area (Å²) in [4.78, 5) is 19.8. The molecule has 1 fully saturated rings. The Balaban J connectivity index is 1.45. The molecule has 29 heavy (non-hydrogen) atoms. The van der Waals surface area contributed by atoms with Gasteiger partial charge in [-0.3, -0.25) is 4.90 Å². The average Bonchev–Trinajstić information content (AvgIpc) is 3.05. The lowest BCUT2D eigenvalue weighted by Gasteiger charge is -2.41. The quantitative estimate of drug-likeness (QED) is 0.686. The predicted molar refractivity (Wildman–Crippen MR) is 113 cm³/mol. The van der Waals surface area contributed by atoms with Crippen molar-refractivity contribution >= 4 is 21.7 Å². The molecular formula is C21H27N5O2S. The Hall–Kier alpha value is -2.16. The van der Waals surface area contributed by atoms with Crippen LogP contribution in [-0.4, -0.2) is 49.6 Å². The van der Waals surface area contributed by atoms with Crippen molar-refractivity contribution in [2.45, 2.75) is 46.3 Å². The molecule has 1 saturated heterocycles. The smallest absolute Gasteiger partial charge is 0.216 e. The van der Waals surface area contributed by atoms with Gasteiger partial charge in [0.25, 0.3) is 0 Å². The van der Waals surface area contributed by atoms with Gasteiger partial charge in [0.05, 0.1) is 22.0 Å². The molecule has 7 nitrogen and oxygen atoms in total. The lowest BCUT2D eigenvalue weighted by molar-refractivity contribution is -0.122. The van der Waals surface area contributed by atoms with E-state index in [9.17, 15) is 5.11 Å². The summed E-state index contributed by atoms with van der Waals surface area (Å²) in [6.07, 6.45) is 2.07. The molecule has 1 aliphatic rings. The summed E-state index contributed by atoms with van der Waals surface area (Å²) in [5.41, 5.74) is 1.10. The number of rotatable bonds is 5. The molecule has 1 N–H and O–H groups in total. The summed E-state index contributed by atoms with van der Waals surface area (Å²) < 4.78 is 6.99. The predicted octanol–water partition coefficient (Wildman–Crippen LogP) is 3.36. The molecule has 0 aliphatic carbocycles. The summed E-state index contributed by atoms with van der Waals surface area (Å²) in [6, 6.07) is 5.77. The van der Waals surface area contributed by atoms with Gasteiger partial charge >= 0.3 is 0 Å². The van der Waals surface area contributed by atoms with Crippen LogP contribution in [0.4, 0.5) is 0 Å². The number of likely N-dealkylation sites (tertiary alicyclic amines) is 1. The van der Waals surface area contributed by atoms with Crippen molar-refractivity contribution in [3.63, 3.8) is 0 Å². The summed E-state index contributed by atoms with van der Waals surface area (Å²) in [5, 5.41) is 12.3. The number of piperidine rings is 1. The molecule has 4 rings (SSSR count). The van der Waals surface area contributed by atoms with E-state index < -0.39 is 5.72 Å². The Morgan fingerprint density at radius 2 is 2.03 bits per heavy atom. The first-order valence-electron chi connectivity index (χ1n) is 9.98. The van der Waals surface area contributed by atoms with Gasteiger partial charge in [0.1, 0.15) is 5.82 Å². The number of aryl methyl sites for hydroxylation is 3. The van der Waals surface area contributed by atoms with Crippen LogP contribution in [0.15, 0.2) is 18.2 Å². The summed E-state index contributed by atoms with van der Waals surface area (Å²) in [5.74, 6) is 1.65.